The van der Waals surface area contributed by atoms with Gasteiger partial charge in [0.2, 0.25) is 0 Å². The van der Waals surface area contributed by atoms with Crippen LogP contribution in [0.4, 0.5) is 0 Å². The fraction of sp³-hybridized carbons (Fsp3) is 0.368. The fourth-order valence-electron chi connectivity index (χ4n) is 3.19. The number of benzene rings is 1. The summed E-state index contributed by atoms with van der Waals surface area (Å²) >= 11 is 0. The zero-order chi connectivity index (χ0) is 18.0. The van der Waals surface area contributed by atoms with E-state index in [-0.39, 0.29) is 17.2 Å². The lowest BCUT2D eigenvalue weighted by atomic mass is 9.88. The Balaban J connectivity index is 2.10. The van der Waals surface area contributed by atoms with Crippen LogP contribution in [0.3, 0.4) is 0 Å². The van der Waals surface area contributed by atoms with Crippen molar-refractivity contribution in [3.05, 3.63) is 64.1 Å². The Bertz CT molecular complexity index is 854. The normalized spacial score (nSPS) is 19.0. The Morgan fingerprint density at radius 3 is 2.84 bits per heavy atom. The van der Waals surface area contributed by atoms with Gasteiger partial charge in [-0.2, -0.15) is 5.10 Å². The Morgan fingerprint density at radius 2 is 2.12 bits per heavy atom. The molecule has 1 unspecified atom stereocenters. The van der Waals surface area contributed by atoms with Crippen molar-refractivity contribution in [3.63, 3.8) is 0 Å². The van der Waals surface area contributed by atoms with Gasteiger partial charge in [-0.15, -0.1) is 0 Å². The monoisotopic (exact) mass is 340 g/mol. The highest BCUT2D eigenvalue weighted by Crippen LogP contribution is 2.41. The SMILES string of the molecule is CNN/N=C(\C)c1ccc2c(c1)C(n1ccccc1=O)CC(C)(C)O2. The maximum atomic E-state index is 12.4. The van der Waals surface area contributed by atoms with Gasteiger partial charge in [0.1, 0.15) is 11.4 Å². The van der Waals surface area contributed by atoms with Crippen LogP contribution in [-0.2, 0) is 0 Å². The minimum Gasteiger partial charge on any atom is -0.487 e. The molecule has 0 radical (unpaired) electrons. The number of ether oxygens (including phenoxy) is 1. The summed E-state index contributed by atoms with van der Waals surface area (Å²) in [5.74, 6) is 0.815. The second-order valence-corrected chi connectivity index (χ2v) is 6.84. The highest BCUT2D eigenvalue weighted by Gasteiger charge is 2.35. The van der Waals surface area contributed by atoms with Crippen LogP contribution in [0.15, 0.2) is 52.5 Å². The first kappa shape index (κ1) is 17.2. The number of hydrogen-bond donors (Lipinski definition) is 2. The molecule has 3 rings (SSSR count). The van der Waals surface area contributed by atoms with E-state index in [4.69, 9.17) is 4.74 Å². The number of nitrogens with one attached hydrogen (secondary N) is 2. The van der Waals surface area contributed by atoms with Crippen LogP contribution in [0.1, 0.15) is 44.4 Å². The Hall–Kier alpha value is -2.60. The van der Waals surface area contributed by atoms with Crippen molar-refractivity contribution in [2.24, 2.45) is 5.10 Å². The van der Waals surface area contributed by atoms with Crippen molar-refractivity contribution in [2.75, 3.05) is 7.05 Å². The molecule has 0 aliphatic carbocycles. The molecule has 2 N–H and O–H groups in total. The van der Waals surface area contributed by atoms with Gasteiger partial charge in [0.05, 0.1) is 11.8 Å². The number of rotatable bonds is 4. The molecule has 0 saturated carbocycles. The van der Waals surface area contributed by atoms with Gasteiger partial charge >= 0.3 is 0 Å². The molecule has 25 heavy (non-hydrogen) atoms. The third-order valence-corrected chi connectivity index (χ3v) is 4.38. The van der Waals surface area contributed by atoms with Crippen LogP contribution in [0, 0.1) is 0 Å². The predicted molar refractivity (Wildman–Crippen MR) is 99.0 cm³/mol. The molecule has 132 valence electrons. The summed E-state index contributed by atoms with van der Waals surface area (Å²) in [5, 5.41) is 4.25. The molecule has 0 fully saturated rings. The third-order valence-electron chi connectivity index (χ3n) is 4.38. The molecule has 2 aromatic rings. The van der Waals surface area contributed by atoms with E-state index in [1.165, 1.54) is 0 Å². The molecule has 6 nitrogen and oxygen atoms in total. The minimum atomic E-state index is -0.342. The number of hydrazone groups is 1. The van der Waals surface area contributed by atoms with Gasteiger partial charge in [0.25, 0.3) is 5.56 Å². The molecule has 1 aromatic heterocycles. The van der Waals surface area contributed by atoms with E-state index in [1.54, 1.807) is 23.7 Å². The maximum absolute atomic E-state index is 12.4. The lowest BCUT2D eigenvalue weighted by Crippen LogP contribution is -2.39. The zero-order valence-electron chi connectivity index (χ0n) is 15.0. The Kier molecular flexibility index (Phi) is 4.63. The van der Waals surface area contributed by atoms with Gasteiger partial charge in [0.15, 0.2) is 0 Å². The minimum absolute atomic E-state index is 0.0104. The summed E-state index contributed by atoms with van der Waals surface area (Å²) in [6.45, 7) is 6.03. The summed E-state index contributed by atoms with van der Waals surface area (Å²) in [5.41, 5.74) is 8.00. The van der Waals surface area contributed by atoms with E-state index in [9.17, 15) is 4.79 Å². The van der Waals surface area contributed by atoms with Crippen molar-refractivity contribution in [1.82, 2.24) is 15.5 Å². The van der Waals surface area contributed by atoms with Crippen LogP contribution >= 0.6 is 0 Å². The molecular formula is C19H24N4O2. The second-order valence-electron chi connectivity index (χ2n) is 6.84. The molecule has 1 aliphatic heterocycles. The van der Waals surface area contributed by atoms with E-state index in [0.717, 1.165) is 29.0 Å². The molecule has 2 heterocycles. The number of hydrazine groups is 1. The van der Waals surface area contributed by atoms with E-state index in [2.05, 4.69) is 22.1 Å². The summed E-state index contributed by atoms with van der Waals surface area (Å²) in [6, 6.07) is 11.2. The second kappa shape index (κ2) is 6.72. The van der Waals surface area contributed by atoms with Gasteiger partial charge in [0, 0.05) is 31.3 Å². The molecule has 0 bridgehead atoms. The number of hydrogen-bond acceptors (Lipinski definition) is 5. The van der Waals surface area contributed by atoms with Gasteiger partial charge in [-0.3, -0.25) is 4.79 Å². The number of nitrogens with zero attached hydrogens (tertiary/aromatic N) is 2. The zero-order valence-corrected chi connectivity index (χ0v) is 15.0. The van der Waals surface area contributed by atoms with Crippen molar-refractivity contribution in [2.45, 2.75) is 38.8 Å². The van der Waals surface area contributed by atoms with Crippen molar-refractivity contribution in [1.29, 1.82) is 0 Å². The van der Waals surface area contributed by atoms with Crippen molar-refractivity contribution < 1.29 is 4.74 Å². The molecule has 0 saturated heterocycles. The average Bonchev–Trinajstić information content (AvgIpc) is 2.58. The highest BCUT2D eigenvalue weighted by atomic mass is 16.5. The molecule has 1 atom stereocenters. The summed E-state index contributed by atoms with van der Waals surface area (Å²) < 4.78 is 7.93. The van der Waals surface area contributed by atoms with Crippen LogP contribution < -0.4 is 21.3 Å². The van der Waals surface area contributed by atoms with Gasteiger partial charge in [-0.1, -0.05) is 6.07 Å². The standard InChI is InChI=1S/C19H24N4O2/c1-13(21-22-20-4)14-8-9-17-15(11-14)16(12-19(2,3)25-17)23-10-6-5-7-18(23)24/h5-11,16,20,22H,12H2,1-4H3/b21-13+. The lowest BCUT2D eigenvalue weighted by molar-refractivity contribution is 0.0664. The first-order chi connectivity index (χ1) is 11.9. The Morgan fingerprint density at radius 1 is 1.32 bits per heavy atom. The molecule has 6 heteroatoms. The maximum Gasteiger partial charge on any atom is 0.251 e. The topological polar surface area (TPSA) is 67.7 Å². The number of pyridine rings is 1. The molecule has 1 aromatic carbocycles. The molecule has 0 spiro atoms. The van der Waals surface area contributed by atoms with Crippen molar-refractivity contribution >= 4 is 5.71 Å². The van der Waals surface area contributed by atoms with E-state index >= 15 is 0 Å². The molecule has 0 amide bonds. The van der Waals surface area contributed by atoms with Crippen LogP contribution in [0.25, 0.3) is 0 Å². The fourth-order valence-corrected chi connectivity index (χ4v) is 3.19. The molecular weight excluding hydrogens is 316 g/mol. The largest absolute Gasteiger partial charge is 0.487 e. The van der Waals surface area contributed by atoms with Crippen LogP contribution in [-0.4, -0.2) is 22.9 Å². The first-order valence-electron chi connectivity index (χ1n) is 8.38. The van der Waals surface area contributed by atoms with Crippen LogP contribution in [0.2, 0.25) is 0 Å². The van der Waals surface area contributed by atoms with E-state index in [0.29, 0.717) is 0 Å². The van der Waals surface area contributed by atoms with E-state index in [1.807, 2.05) is 45.2 Å². The van der Waals surface area contributed by atoms with Gasteiger partial charge < -0.3 is 9.30 Å². The Labute approximate surface area is 147 Å². The molecule has 1 aliphatic rings. The summed E-state index contributed by atoms with van der Waals surface area (Å²) in [6.07, 6.45) is 2.56. The summed E-state index contributed by atoms with van der Waals surface area (Å²) in [7, 11) is 1.76. The first-order valence-corrected chi connectivity index (χ1v) is 8.38. The highest BCUT2D eigenvalue weighted by molar-refractivity contribution is 5.98. The van der Waals surface area contributed by atoms with Gasteiger partial charge in [-0.05, 0) is 50.6 Å². The van der Waals surface area contributed by atoms with Crippen LogP contribution in [0.5, 0.6) is 5.75 Å². The number of aromatic nitrogens is 1. The third kappa shape index (κ3) is 3.58. The smallest absolute Gasteiger partial charge is 0.251 e. The van der Waals surface area contributed by atoms with Crippen molar-refractivity contribution in [3.8, 4) is 5.75 Å². The van der Waals surface area contributed by atoms with Gasteiger partial charge in [-0.25, -0.2) is 11.0 Å². The average molecular weight is 340 g/mol. The quantitative estimate of drug-likeness (QED) is 0.663. The van der Waals surface area contributed by atoms with E-state index < -0.39 is 0 Å². The lowest BCUT2D eigenvalue weighted by Gasteiger charge is -2.38. The predicted octanol–water partition coefficient (Wildman–Crippen LogP) is 2.45. The number of fused-ring (bicyclic) bond motifs is 1. The summed E-state index contributed by atoms with van der Waals surface area (Å²) in [4.78, 5) is 12.4.